The van der Waals surface area contributed by atoms with Crippen LogP contribution < -0.4 is 20.5 Å². The number of benzene rings is 3. The SMILES string of the molecule is COc1cc(CN2CCC(C)(F)CC2)cc(OC)c1-c1cccc2c(CCC(=O)O)cccc12.NC(=O)C1NC=CC=C1F. The van der Waals surface area contributed by atoms with Crippen LogP contribution in [0, 0.1) is 0 Å². The van der Waals surface area contributed by atoms with E-state index >= 15 is 0 Å². The van der Waals surface area contributed by atoms with Gasteiger partial charge in [0.05, 0.1) is 19.8 Å². The molecule has 2 aliphatic heterocycles. The van der Waals surface area contributed by atoms with Crippen LogP contribution in [0.4, 0.5) is 8.78 Å². The van der Waals surface area contributed by atoms with Gasteiger partial charge in [0.2, 0.25) is 5.91 Å². The molecule has 0 spiro atoms. The monoisotopic (exact) mass is 607 g/mol. The number of nitrogens with zero attached hydrogens (tertiary/aromatic N) is 1. The summed E-state index contributed by atoms with van der Waals surface area (Å²) in [6.07, 6.45) is 5.78. The number of carbonyl (C=O) groups excluding carboxylic acids is 1. The Bertz CT molecular complexity index is 1530. The largest absolute Gasteiger partial charge is 0.496 e. The highest BCUT2D eigenvalue weighted by atomic mass is 19.1. The highest BCUT2D eigenvalue weighted by molar-refractivity contribution is 6.01. The fourth-order valence-corrected chi connectivity index (χ4v) is 5.50. The van der Waals surface area contributed by atoms with Crippen molar-refractivity contribution in [2.24, 2.45) is 5.73 Å². The number of dihydropyridines is 1. The van der Waals surface area contributed by atoms with E-state index in [-0.39, 0.29) is 6.42 Å². The summed E-state index contributed by atoms with van der Waals surface area (Å²) < 4.78 is 38.4. The summed E-state index contributed by atoms with van der Waals surface area (Å²) in [7, 11) is 3.31. The Morgan fingerprint density at radius 1 is 1.07 bits per heavy atom. The quantitative estimate of drug-likeness (QED) is 0.287. The lowest BCUT2D eigenvalue weighted by Crippen LogP contribution is -2.40. The third-order valence-electron chi connectivity index (χ3n) is 7.94. The minimum atomic E-state index is -1.08. The highest BCUT2D eigenvalue weighted by Gasteiger charge is 2.29. The number of nitrogens with two attached hydrogens (primary N) is 1. The maximum atomic E-state index is 14.2. The first-order valence-corrected chi connectivity index (χ1v) is 14.5. The summed E-state index contributed by atoms with van der Waals surface area (Å²) >= 11 is 0. The second-order valence-corrected chi connectivity index (χ2v) is 11.2. The van der Waals surface area contributed by atoms with Gasteiger partial charge in [-0.2, -0.15) is 0 Å². The number of amides is 1. The standard InChI is InChI=1S/C28H32FNO4.C6H7FN2O/c1-28(29)12-14-30(15-13-28)18-19-16-24(33-2)27(25(17-19)34-3)23-9-5-7-21-20(10-11-26(31)32)6-4-8-22(21)23;7-4-2-1-3-9-5(4)6(8)10/h4-9,16-17H,10-15,18H2,1-3H3,(H,31,32);1-3,5,9H,(H2,8,10). The third-order valence-corrected chi connectivity index (χ3v) is 7.94. The number of likely N-dealkylation sites (tertiary alicyclic amines) is 1. The minimum Gasteiger partial charge on any atom is -0.496 e. The molecule has 0 aromatic heterocycles. The average molecular weight is 608 g/mol. The molecule has 1 fully saturated rings. The smallest absolute Gasteiger partial charge is 0.303 e. The number of halogens is 2. The third kappa shape index (κ3) is 7.93. The summed E-state index contributed by atoms with van der Waals surface area (Å²) in [5.74, 6) is -0.639. The Hall–Kier alpha value is -4.44. The van der Waals surface area contributed by atoms with Gasteiger partial charge in [0.15, 0.2) is 6.04 Å². The Labute approximate surface area is 256 Å². The number of piperidine rings is 1. The Kier molecular flexibility index (Phi) is 10.6. The van der Waals surface area contributed by atoms with Crippen molar-refractivity contribution in [3.05, 3.63) is 83.8 Å². The number of rotatable bonds is 9. The van der Waals surface area contributed by atoms with E-state index in [1.165, 1.54) is 18.4 Å². The molecule has 234 valence electrons. The van der Waals surface area contributed by atoms with Crippen molar-refractivity contribution in [2.45, 2.75) is 50.9 Å². The summed E-state index contributed by atoms with van der Waals surface area (Å²) in [5, 5.41) is 13.6. The van der Waals surface area contributed by atoms with Gasteiger partial charge in [0.25, 0.3) is 0 Å². The average Bonchev–Trinajstić information content (AvgIpc) is 3.00. The van der Waals surface area contributed by atoms with Gasteiger partial charge in [-0.15, -0.1) is 0 Å². The van der Waals surface area contributed by atoms with Gasteiger partial charge < -0.3 is 25.6 Å². The first-order valence-electron chi connectivity index (χ1n) is 14.5. The van der Waals surface area contributed by atoms with Crippen molar-refractivity contribution in [2.75, 3.05) is 27.3 Å². The number of alkyl halides is 1. The van der Waals surface area contributed by atoms with E-state index in [1.54, 1.807) is 21.1 Å². The maximum absolute atomic E-state index is 14.2. The van der Waals surface area contributed by atoms with Crippen LogP contribution in [0.15, 0.2) is 72.7 Å². The number of nitrogens with one attached hydrogen (secondary N) is 1. The van der Waals surface area contributed by atoms with E-state index in [1.807, 2.05) is 48.5 Å². The van der Waals surface area contributed by atoms with Gasteiger partial charge in [-0.25, -0.2) is 8.78 Å². The number of fused-ring (bicyclic) bond motifs is 1. The zero-order valence-electron chi connectivity index (χ0n) is 25.2. The second kappa shape index (κ2) is 14.4. The summed E-state index contributed by atoms with van der Waals surface area (Å²) in [5.41, 5.74) is 7.66. The van der Waals surface area contributed by atoms with Crippen LogP contribution in [0.3, 0.4) is 0 Å². The normalized spacial score (nSPS) is 17.6. The molecule has 8 nitrogen and oxygen atoms in total. The molecule has 4 N–H and O–H groups in total. The van der Waals surface area contributed by atoms with E-state index in [0.717, 1.165) is 46.1 Å². The number of aryl methyl sites for hydroxylation is 1. The Morgan fingerprint density at radius 2 is 1.70 bits per heavy atom. The lowest BCUT2D eigenvalue weighted by molar-refractivity contribution is -0.137. The molecule has 2 aliphatic rings. The predicted molar refractivity (Wildman–Crippen MR) is 167 cm³/mol. The second-order valence-electron chi connectivity index (χ2n) is 11.2. The Balaban J connectivity index is 0.000000375. The molecule has 5 rings (SSSR count). The zero-order chi connectivity index (χ0) is 31.9. The van der Waals surface area contributed by atoms with Gasteiger partial charge in [-0.3, -0.25) is 14.5 Å². The van der Waals surface area contributed by atoms with Crippen LogP contribution in [-0.4, -0.2) is 60.9 Å². The molecule has 1 amide bonds. The summed E-state index contributed by atoms with van der Waals surface area (Å²) in [6.45, 7) is 3.84. The van der Waals surface area contributed by atoms with Crippen LogP contribution in [0.2, 0.25) is 0 Å². The van der Waals surface area contributed by atoms with E-state index < -0.39 is 29.4 Å². The fraction of sp³-hybridized carbons (Fsp3) is 0.353. The first kappa shape index (κ1) is 32.5. The van der Waals surface area contributed by atoms with Crippen LogP contribution in [0.1, 0.15) is 37.3 Å². The molecular weight excluding hydrogens is 568 g/mol. The van der Waals surface area contributed by atoms with E-state index in [2.05, 4.69) is 10.2 Å². The first-order chi connectivity index (χ1) is 21.0. The topological polar surface area (TPSA) is 114 Å². The molecule has 10 heteroatoms. The summed E-state index contributed by atoms with van der Waals surface area (Å²) in [6, 6.07) is 15.1. The van der Waals surface area contributed by atoms with E-state index in [4.69, 9.17) is 20.3 Å². The lowest BCUT2D eigenvalue weighted by atomic mass is 9.92. The van der Waals surface area contributed by atoms with Gasteiger partial charge in [-0.1, -0.05) is 36.4 Å². The molecule has 3 aromatic carbocycles. The van der Waals surface area contributed by atoms with Crippen LogP contribution in [0.25, 0.3) is 21.9 Å². The van der Waals surface area contributed by atoms with Crippen molar-refractivity contribution in [1.29, 1.82) is 0 Å². The van der Waals surface area contributed by atoms with Crippen molar-refractivity contribution in [3.8, 4) is 22.6 Å². The summed E-state index contributed by atoms with van der Waals surface area (Å²) in [4.78, 5) is 23.8. The number of carboxylic acid groups (broad SMARTS) is 1. The van der Waals surface area contributed by atoms with Gasteiger partial charge in [0, 0.05) is 26.1 Å². The molecule has 1 saturated heterocycles. The number of carboxylic acids is 1. The lowest BCUT2D eigenvalue weighted by Gasteiger charge is -2.34. The number of hydrogen-bond donors (Lipinski definition) is 3. The fourth-order valence-electron chi connectivity index (χ4n) is 5.50. The van der Waals surface area contributed by atoms with Crippen molar-refractivity contribution in [3.63, 3.8) is 0 Å². The van der Waals surface area contributed by atoms with Gasteiger partial charge in [-0.05, 0) is 84.1 Å². The van der Waals surface area contributed by atoms with Crippen molar-refractivity contribution >= 4 is 22.6 Å². The van der Waals surface area contributed by atoms with Gasteiger partial charge >= 0.3 is 5.97 Å². The molecule has 1 unspecified atom stereocenters. The molecule has 0 radical (unpaired) electrons. The molecule has 1 atom stereocenters. The van der Waals surface area contributed by atoms with Crippen LogP contribution in [-0.2, 0) is 22.6 Å². The number of methoxy groups -OCH3 is 2. The zero-order valence-corrected chi connectivity index (χ0v) is 25.2. The molecule has 2 heterocycles. The van der Waals surface area contributed by atoms with E-state index in [9.17, 15) is 18.4 Å². The number of aliphatic carboxylic acids is 1. The number of carbonyl (C=O) groups is 2. The maximum Gasteiger partial charge on any atom is 0.303 e. The highest BCUT2D eigenvalue weighted by Crippen LogP contribution is 2.43. The molecule has 3 aromatic rings. The molecular formula is C34H39F2N3O5. The minimum absolute atomic E-state index is 0.0860. The van der Waals surface area contributed by atoms with Gasteiger partial charge in [0.1, 0.15) is 23.0 Å². The molecule has 0 bridgehead atoms. The van der Waals surface area contributed by atoms with Crippen LogP contribution in [0.5, 0.6) is 11.5 Å². The number of hydrogen-bond acceptors (Lipinski definition) is 6. The van der Waals surface area contributed by atoms with Crippen molar-refractivity contribution < 1.29 is 33.0 Å². The number of primary amides is 1. The van der Waals surface area contributed by atoms with Crippen LogP contribution >= 0.6 is 0 Å². The molecule has 0 aliphatic carbocycles. The number of ether oxygens (including phenoxy) is 2. The molecule has 44 heavy (non-hydrogen) atoms. The number of allylic oxidation sites excluding steroid dienone is 2. The van der Waals surface area contributed by atoms with E-state index in [0.29, 0.717) is 37.3 Å². The Morgan fingerprint density at radius 3 is 2.27 bits per heavy atom. The van der Waals surface area contributed by atoms with Crippen molar-refractivity contribution in [1.82, 2.24) is 10.2 Å². The predicted octanol–water partition coefficient (Wildman–Crippen LogP) is 5.68. The molecule has 0 saturated carbocycles.